The second kappa shape index (κ2) is 9.08. The second-order valence-electron chi connectivity index (χ2n) is 5.44. The van der Waals surface area contributed by atoms with Gasteiger partial charge in [-0.1, -0.05) is 60.7 Å². The van der Waals surface area contributed by atoms with Crippen molar-refractivity contribution in [2.45, 2.75) is 19.1 Å². The first kappa shape index (κ1) is 17.2. The summed E-state index contributed by atoms with van der Waals surface area (Å²) >= 11 is 0. The maximum atomic E-state index is 12.0. The number of hydrogen-bond acceptors (Lipinski definition) is 3. The van der Waals surface area contributed by atoms with Gasteiger partial charge in [0.2, 0.25) is 5.91 Å². The fraction of sp³-hybridized carbons (Fsp3) is 0.316. The summed E-state index contributed by atoms with van der Waals surface area (Å²) in [5.74, 6) is -0.147. The van der Waals surface area contributed by atoms with Gasteiger partial charge in [0, 0.05) is 13.2 Å². The van der Waals surface area contributed by atoms with E-state index in [0.717, 1.165) is 11.1 Å². The van der Waals surface area contributed by atoms with Crippen molar-refractivity contribution < 1.29 is 14.3 Å². The van der Waals surface area contributed by atoms with Crippen LogP contribution in [-0.4, -0.2) is 32.3 Å². The van der Waals surface area contributed by atoms with E-state index in [1.54, 1.807) is 7.11 Å². The van der Waals surface area contributed by atoms with Crippen molar-refractivity contribution >= 4 is 5.91 Å². The Morgan fingerprint density at radius 1 is 1.00 bits per heavy atom. The van der Waals surface area contributed by atoms with Crippen LogP contribution in [0.1, 0.15) is 24.2 Å². The van der Waals surface area contributed by atoms with E-state index in [9.17, 15) is 4.79 Å². The number of amides is 1. The standard InChI is InChI=1S/C19H23NO3/c1-15(13-22-2)20-18(21)14-23-19(16-9-5-3-6-10-16)17-11-7-4-8-12-17/h3-12,15,19H,13-14H2,1-2H3,(H,20,21). The largest absolute Gasteiger partial charge is 0.383 e. The van der Waals surface area contributed by atoms with Crippen molar-refractivity contribution in [2.75, 3.05) is 20.3 Å². The van der Waals surface area contributed by atoms with Crippen LogP contribution in [0.2, 0.25) is 0 Å². The second-order valence-corrected chi connectivity index (χ2v) is 5.44. The van der Waals surface area contributed by atoms with Crippen molar-refractivity contribution in [2.24, 2.45) is 0 Å². The zero-order valence-electron chi connectivity index (χ0n) is 13.6. The number of methoxy groups -OCH3 is 1. The summed E-state index contributed by atoms with van der Waals surface area (Å²) in [5, 5.41) is 2.85. The summed E-state index contributed by atoms with van der Waals surface area (Å²) in [6.45, 7) is 2.38. The van der Waals surface area contributed by atoms with E-state index in [1.165, 1.54) is 0 Å². The topological polar surface area (TPSA) is 47.6 Å². The van der Waals surface area contributed by atoms with Gasteiger partial charge in [-0.25, -0.2) is 0 Å². The fourth-order valence-corrected chi connectivity index (χ4v) is 2.41. The van der Waals surface area contributed by atoms with Crippen LogP contribution in [0, 0.1) is 0 Å². The van der Waals surface area contributed by atoms with Crippen molar-refractivity contribution in [1.82, 2.24) is 5.32 Å². The predicted octanol–water partition coefficient (Wildman–Crippen LogP) is 2.94. The molecule has 0 saturated carbocycles. The Balaban J connectivity index is 2.03. The van der Waals surface area contributed by atoms with E-state index in [2.05, 4.69) is 5.32 Å². The van der Waals surface area contributed by atoms with Crippen molar-refractivity contribution in [1.29, 1.82) is 0 Å². The number of nitrogens with one attached hydrogen (secondary N) is 1. The molecule has 0 heterocycles. The Labute approximate surface area is 137 Å². The molecule has 1 amide bonds. The molecule has 0 saturated heterocycles. The molecule has 0 aliphatic carbocycles. The summed E-state index contributed by atoms with van der Waals surface area (Å²) in [6, 6.07) is 19.8. The lowest BCUT2D eigenvalue weighted by atomic mass is 10.0. The molecule has 0 aromatic heterocycles. The summed E-state index contributed by atoms with van der Waals surface area (Å²) in [6.07, 6.45) is -0.263. The minimum Gasteiger partial charge on any atom is -0.383 e. The molecule has 0 fully saturated rings. The molecule has 2 aromatic carbocycles. The number of hydrogen-bond donors (Lipinski definition) is 1. The zero-order valence-corrected chi connectivity index (χ0v) is 13.6. The quantitative estimate of drug-likeness (QED) is 0.815. The zero-order chi connectivity index (χ0) is 16.5. The van der Waals surface area contributed by atoms with Crippen LogP contribution in [0.4, 0.5) is 0 Å². The van der Waals surface area contributed by atoms with Crippen molar-refractivity contribution in [3.05, 3.63) is 71.8 Å². The molecule has 2 rings (SSSR count). The lowest BCUT2D eigenvalue weighted by Gasteiger charge is -2.20. The Bertz CT molecular complexity index is 547. The molecule has 1 N–H and O–H groups in total. The molecular formula is C19H23NO3. The molecule has 4 nitrogen and oxygen atoms in total. The summed E-state index contributed by atoms with van der Waals surface area (Å²) in [5.41, 5.74) is 2.05. The van der Waals surface area contributed by atoms with Gasteiger partial charge in [-0.05, 0) is 18.1 Å². The van der Waals surface area contributed by atoms with Gasteiger partial charge < -0.3 is 14.8 Å². The fourth-order valence-electron chi connectivity index (χ4n) is 2.41. The third-order valence-electron chi connectivity index (χ3n) is 3.41. The first-order valence-corrected chi connectivity index (χ1v) is 7.70. The van der Waals surface area contributed by atoms with Crippen LogP contribution in [0.25, 0.3) is 0 Å². The van der Waals surface area contributed by atoms with Gasteiger partial charge in [0.15, 0.2) is 0 Å². The molecule has 1 atom stereocenters. The maximum absolute atomic E-state index is 12.0. The van der Waals surface area contributed by atoms with Crippen LogP contribution in [0.3, 0.4) is 0 Å². The van der Waals surface area contributed by atoms with Crippen LogP contribution >= 0.6 is 0 Å². The Hall–Kier alpha value is -2.17. The number of benzene rings is 2. The normalized spacial score (nSPS) is 12.1. The van der Waals surface area contributed by atoms with Crippen molar-refractivity contribution in [3.63, 3.8) is 0 Å². The maximum Gasteiger partial charge on any atom is 0.246 e. The summed E-state index contributed by atoms with van der Waals surface area (Å²) in [7, 11) is 1.61. The minimum absolute atomic E-state index is 0.00249. The average Bonchev–Trinajstić information content (AvgIpc) is 2.57. The molecule has 0 bridgehead atoms. The Morgan fingerprint density at radius 3 is 2.00 bits per heavy atom. The predicted molar refractivity (Wildman–Crippen MR) is 90.2 cm³/mol. The van der Waals surface area contributed by atoms with Gasteiger partial charge in [0.25, 0.3) is 0 Å². The van der Waals surface area contributed by atoms with E-state index in [-0.39, 0.29) is 24.7 Å². The molecule has 0 radical (unpaired) electrons. The molecule has 0 spiro atoms. The average molecular weight is 313 g/mol. The smallest absolute Gasteiger partial charge is 0.246 e. The number of carbonyl (C=O) groups is 1. The Morgan fingerprint density at radius 2 is 1.52 bits per heavy atom. The van der Waals surface area contributed by atoms with Crippen LogP contribution in [-0.2, 0) is 14.3 Å². The first-order valence-electron chi connectivity index (χ1n) is 7.70. The lowest BCUT2D eigenvalue weighted by Crippen LogP contribution is -2.38. The van der Waals surface area contributed by atoms with E-state index in [0.29, 0.717) is 6.61 Å². The molecule has 0 aliphatic heterocycles. The highest BCUT2D eigenvalue weighted by atomic mass is 16.5. The third-order valence-corrected chi connectivity index (χ3v) is 3.41. The van der Waals surface area contributed by atoms with Crippen LogP contribution in [0.5, 0.6) is 0 Å². The first-order chi connectivity index (χ1) is 11.2. The molecular weight excluding hydrogens is 290 g/mol. The van der Waals surface area contributed by atoms with Crippen molar-refractivity contribution in [3.8, 4) is 0 Å². The number of rotatable bonds is 8. The van der Waals surface area contributed by atoms with Crippen LogP contribution < -0.4 is 5.32 Å². The van der Waals surface area contributed by atoms with E-state index in [4.69, 9.17) is 9.47 Å². The highest BCUT2D eigenvalue weighted by Gasteiger charge is 2.16. The number of ether oxygens (including phenoxy) is 2. The minimum atomic E-state index is -0.263. The molecule has 23 heavy (non-hydrogen) atoms. The molecule has 2 aromatic rings. The molecule has 0 aliphatic rings. The monoisotopic (exact) mass is 313 g/mol. The van der Waals surface area contributed by atoms with E-state index < -0.39 is 0 Å². The molecule has 4 heteroatoms. The lowest BCUT2D eigenvalue weighted by molar-refractivity contribution is -0.128. The SMILES string of the molecule is COCC(C)NC(=O)COC(c1ccccc1)c1ccccc1. The number of carbonyl (C=O) groups excluding carboxylic acids is 1. The van der Waals surface area contributed by atoms with Crippen LogP contribution in [0.15, 0.2) is 60.7 Å². The molecule has 1 unspecified atom stereocenters. The highest BCUT2D eigenvalue weighted by molar-refractivity contribution is 5.77. The van der Waals surface area contributed by atoms with E-state index in [1.807, 2.05) is 67.6 Å². The van der Waals surface area contributed by atoms with E-state index >= 15 is 0 Å². The molecule has 122 valence electrons. The summed E-state index contributed by atoms with van der Waals surface area (Å²) < 4.78 is 10.9. The highest BCUT2D eigenvalue weighted by Crippen LogP contribution is 2.25. The van der Waals surface area contributed by atoms with Gasteiger partial charge in [-0.3, -0.25) is 4.79 Å². The van der Waals surface area contributed by atoms with Gasteiger partial charge in [-0.15, -0.1) is 0 Å². The third kappa shape index (κ3) is 5.51. The van der Waals surface area contributed by atoms with Gasteiger partial charge in [0.1, 0.15) is 12.7 Å². The summed E-state index contributed by atoms with van der Waals surface area (Å²) in [4.78, 5) is 12.0. The van der Waals surface area contributed by atoms with Gasteiger partial charge >= 0.3 is 0 Å². The van der Waals surface area contributed by atoms with Gasteiger partial charge in [0.05, 0.1) is 6.61 Å². The van der Waals surface area contributed by atoms with Gasteiger partial charge in [-0.2, -0.15) is 0 Å². The Kier molecular flexibility index (Phi) is 6.78.